The molecule has 23 heavy (non-hydrogen) atoms. The van der Waals surface area contributed by atoms with Crippen molar-refractivity contribution in [3.63, 3.8) is 0 Å². The molecule has 7 heteroatoms. The lowest BCUT2D eigenvalue weighted by Crippen LogP contribution is -2.38. The summed E-state index contributed by atoms with van der Waals surface area (Å²) in [4.78, 5) is 14.6. The molecule has 0 atom stereocenters. The van der Waals surface area contributed by atoms with E-state index < -0.39 is 0 Å². The van der Waals surface area contributed by atoms with E-state index in [0.29, 0.717) is 13.1 Å². The van der Waals surface area contributed by atoms with Crippen molar-refractivity contribution in [1.82, 2.24) is 20.2 Å². The standard InChI is InChI=1S/C16H20FN5.HI/c1-12-19-8-7-15(21-12)10-20-16(18-2)22(3)11-13-5-4-6-14(17)9-13;/h4-9H,10-11H2,1-3H3,(H,18,20);1H. The number of nitrogens with one attached hydrogen (secondary N) is 1. The first kappa shape index (κ1) is 19.3. The van der Waals surface area contributed by atoms with Gasteiger partial charge in [0.25, 0.3) is 0 Å². The zero-order chi connectivity index (χ0) is 15.9. The molecule has 0 aliphatic rings. The molecule has 1 heterocycles. The Labute approximate surface area is 153 Å². The van der Waals surface area contributed by atoms with Crippen molar-refractivity contribution in [1.29, 1.82) is 0 Å². The Morgan fingerprint density at radius 2 is 2.13 bits per heavy atom. The number of halogens is 2. The van der Waals surface area contributed by atoms with E-state index in [2.05, 4.69) is 20.3 Å². The molecule has 2 rings (SSSR count). The number of aliphatic imine (C=N–C) groups is 1. The van der Waals surface area contributed by atoms with E-state index in [-0.39, 0.29) is 29.8 Å². The van der Waals surface area contributed by atoms with E-state index in [4.69, 9.17) is 0 Å². The molecular formula is C16H21FIN5. The van der Waals surface area contributed by atoms with Gasteiger partial charge in [0.15, 0.2) is 5.96 Å². The minimum atomic E-state index is -0.231. The van der Waals surface area contributed by atoms with Crippen molar-refractivity contribution in [2.24, 2.45) is 4.99 Å². The molecule has 0 aliphatic carbocycles. The summed E-state index contributed by atoms with van der Waals surface area (Å²) < 4.78 is 13.2. The second-order valence-corrected chi connectivity index (χ2v) is 4.98. The molecule has 0 aliphatic heterocycles. The van der Waals surface area contributed by atoms with Gasteiger partial charge in [-0.05, 0) is 30.7 Å². The van der Waals surface area contributed by atoms with Gasteiger partial charge in [-0.2, -0.15) is 0 Å². The number of nitrogens with zero attached hydrogens (tertiary/aromatic N) is 4. The molecule has 1 aromatic carbocycles. The van der Waals surface area contributed by atoms with Crippen LogP contribution in [0.25, 0.3) is 0 Å². The average Bonchev–Trinajstić information content (AvgIpc) is 2.48. The molecular weight excluding hydrogens is 408 g/mol. The van der Waals surface area contributed by atoms with Crippen LogP contribution in [-0.4, -0.2) is 34.9 Å². The maximum Gasteiger partial charge on any atom is 0.194 e. The van der Waals surface area contributed by atoms with E-state index in [1.165, 1.54) is 12.1 Å². The molecule has 0 bridgehead atoms. The van der Waals surface area contributed by atoms with E-state index in [9.17, 15) is 4.39 Å². The van der Waals surface area contributed by atoms with Gasteiger partial charge in [-0.15, -0.1) is 24.0 Å². The maximum atomic E-state index is 13.2. The van der Waals surface area contributed by atoms with Gasteiger partial charge < -0.3 is 10.2 Å². The highest BCUT2D eigenvalue weighted by Crippen LogP contribution is 2.06. The third-order valence-electron chi connectivity index (χ3n) is 3.14. The normalized spacial score (nSPS) is 10.9. The summed E-state index contributed by atoms with van der Waals surface area (Å²) in [6, 6.07) is 8.42. The topological polar surface area (TPSA) is 53.4 Å². The summed E-state index contributed by atoms with van der Waals surface area (Å²) in [6.07, 6.45) is 1.73. The van der Waals surface area contributed by atoms with Crippen LogP contribution in [-0.2, 0) is 13.1 Å². The molecule has 0 saturated heterocycles. The monoisotopic (exact) mass is 429 g/mol. The van der Waals surface area contributed by atoms with Gasteiger partial charge in [0, 0.05) is 26.8 Å². The van der Waals surface area contributed by atoms with Gasteiger partial charge in [-0.3, -0.25) is 4.99 Å². The first-order valence-electron chi connectivity index (χ1n) is 7.03. The Hall–Kier alpha value is -1.77. The number of rotatable bonds is 4. The van der Waals surface area contributed by atoms with Crippen LogP contribution in [0.5, 0.6) is 0 Å². The fraction of sp³-hybridized carbons (Fsp3) is 0.312. The Morgan fingerprint density at radius 1 is 1.35 bits per heavy atom. The molecule has 2 aromatic rings. The number of hydrogen-bond acceptors (Lipinski definition) is 3. The zero-order valence-corrected chi connectivity index (χ0v) is 15.8. The van der Waals surface area contributed by atoms with Gasteiger partial charge in [0.2, 0.25) is 0 Å². The highest BCUT2D eigenvalue weighted by molar-refractivity contribution is 14.0. The van der Waals surface area contributed by atoms with Crippen LogP contribution < -0.4 is 5.32 Å². The fourth-order valence-corrected chi connectivity index (χ4v) is 2.14. The van der Waals surface area contributed by atoms with Gasteiger partial charge in [-0.25, -0.2) is 14.4 Å². The van der Waals surface area contributed by atoms with Crippen molar-refractivity contribution < 1.29 is 4.39 Å². The summed E-state index contributed by atoms with van der Waals surface area (Å²) in [6.45, 7) is 2.98. The van der Waals surface area contributed by atoms with Gasteiger partial charge in [0.05, 0.1) is 12.2 Å². The fourth-order valence-electron chi connectivity index (χ4n) is 2.14. The van der Waals surface area contributed by atoms with Gasteiger partial charge in [-0.1, -0.05) is 12.1 Å². The van der Waals surface area contributed by atoms with E-state index >= 15 is 0 Å². The van der Waals surface area contributed by atoms with E-state index in [1.54, 1.807) is 19.3 Å². The Morgan fingerprint density at radius 3 is 2.78 bits per heavy atom. The van der Waals surface area contributed by atoms with Crippen molar-refractivity contribution >= 4 is 29.9 Å². The molecule has 1 aromatic heterocycles. The van der Waals surface area contributed by atoms with E-state index in [1.807, 2.05) is 31.0 Å². The number of benzene rings is 1. The summed E-state index contributed by atoms with van der Waals surface area (Å²) in [5, 5.41) is 3.24. The number of hydrogen-bond donors (Lipinski definition) is 1. The van der Waals surface area contributed by atoms with Crippen LogP contribution in [0.3, 0.4) is 0 Å². The van der Waals surface area contributed by atoms with Crippen molar-refractivity contribution in [3.8, 4) is 0 Å². The maximum absolute atomic E-state index is 13.2. The average molecular weight is 429 g/mol. The molecule has 5 nitrogen and oxygen atoms in total. The highest BCUT2D eigenvalue weighted by Gasteiger charge is 2.07. The van der Waals surface area contributed by atoms with Gasteiger partial charge >= 0.3 is 0 Å². The molecule has 0 radical (unpaired) electrons. The summed E-state index contributed by atoms with van der Waals surface area (Å²) in [7, 11) is 3.63. The van der Waals surface area contributed by atoms with Crippen molar-refractivity contribution in [2.75, 3.05) is 14.1 Å². The van der Waals surface area contributed by atoms with Gasteiger partial charge in [0.1, 0.15) is 11.6 Å². The summed E-state index contributed by atoms with van der Waals surface area (Å²) in [5.74, 6) is 1.23. The van der Waals surface area contributed by atoms with Crippen LogP contribution in [0, 0.1) is 12.7 Å². The lowest BCUT2D eigenvalue weighted by molar-refractivity contribution is 0.474. The zero-order valence-electron chi connectivity index (χ0n) is 13.5. The lowest BCUT2D eigenvalue weighted by Gasteiger charge is -2.22. The van der Waals surface area contributed by atoms with E-state index in [0.717, 1.165) is 23.0 Å². The minimum Gasteiger partial charge on any atom is -0.351 e. The third-order valence-corrected chi connectivity index (χ3v) is 3.14. The Bertz CT molecular complexity index is 662. The highest BCUT2D eigenvalue weighted by atomic mass is 127. The van der Waals surface area contributed by atoms with Crippen molar-refractivity contribution in [2.45, 2.75) is 20.0 Å². The minimum absolute atomic E-state index is 0. The van der Waals surface area contributed by atoms with Crippen LogP contribution in [0.4, 0.5) is 4.39 Å². The summed E-state index contributed by atoms with van der Waals surface area (Å²) in [5.41, 5.74) is 1.79. The first-order chi connectivity index (χ1) is 10.6. The van der Waals surface area contributed by atoms with Crippen LogP contribution in [0.15, 0.2) is 41.5 Å². The SMILES string of the molecule is CN=C(NCc1ccnc(C)n1)N(C)Cc1cccc(F)c1.I. The molecule has 0 spiro atoms. The number of guanidine groups is 1. The predicted molar refractivity (Wildman–Crippen MR) is 100 cm³/mol. The Balaban J connectivity index is 0.00000264. The number of aryl methyl sites for hydroxylation is 1. The quantitative estimate of drug-likeness (QED) is 0.462. The molecule has 0 fully saturated rings. The second kappa shape index (κ2) is 9.39. The lowest BCUT2D eigenvalue weighted by atomic mass is 10.2. The molecule has 0 amide bonds. The predicted octanol–water partition coefficient (Wildman–Crippen LogP) is 2.75. The van der Waals surface area contributed by atoms with Crippen LogP contribution in [0.2, 0.25) is 0 Å². The largest absolute Gasteiger partial charge is 0.351 e. The number of aromatic nitrogens is 2. The molecule has 124 valence electrons. The summed E-state index contributed by atoms with van der Waals surface area (Å²) >= 11 is 0. The molecule has 1 N–H and O–H groups in total. The van der Waals surface area contributed by atoms with Crippen LogP contribution >= 0.6 is 24.0 Å². The van der Waals surface area contributed by atoms with Crippen LogP contribution in [0.1, 0.15) is 17.1 Å². The molecule has 0 saturated carbocycles. The first-order valence-corrected chi connectivity index (χ1v) is 7.03. The molecule has 0 unspecified atom stereocenters. The smallest absolute Gasteiger partial charge is 0.194 e. The van der Waals surface area contributed by atoms with Crippen molar-refractivity contribution in [3.05, 3.63) is 59.4 Å². The second-order valence-electron chi connectivity index (χ2n) is 4.98. The third kappa shape index (κ3) is 6.09. The Kier molecular flexibility index (Phi) is 7.87.